The van der Waals surface area contributed by atoms with Gasteiger partial charge in [-0.05, 0) is 24.1 Å². The van der Waals surface area contributed by atoms with Gasteiger partial charge in [-0.2, -0.15) is 0 Å². The normalized spacial score (nSPS) is 10.0. The summed E-state index contributed by atoms with van der Waals surface area (Å²) in [7, 11) is 1.65. The van der Waals surface area contributed by atoms with Crippen LogP contribution < -0.4 is 5.32 Å². The molecule has 0 aliphatic heterocycles. The lowest BCUT2D eigenvalue weighted by Gasteiger charge is -2.09. The van der Waals surface area contributed by atoms with Crippen LogP contribution in [0.15, 0.2) is 48.5 Å². The quantitative estimate of drug-likeness (QED) is 0.836. The number of rotatable bonds is 2. The molecule has 0 saturated carbocycles. The summed E-state index contributed by atoms with van der Waals surface area (Å²) in [6, 6.07) is 15.9. The molecule has 2 aromatic rings. The summed E-state index contributed by atoms with van der Waals surface area (Å²) < 4.78 is 0. The van der Waals surface area contributed by atoms with Crippen molar-refractivity contribution < 1.29 is 4.79 Å². The molecule has 0 aliphatic rings. The van der Waals surface area contributed by atoms with E-state index in [9.17, 15) is 4.79 Å². The minimum Gasteiger partial charge on any atom is -0.355 e. The Labute approximate surface area is 101 Å². The molecule has 0 radical (unpaired) electrons. The van der Waals surface area contributed by atoms with Gasteiger partial charge in [0.2, 0.25) is 0 Å². The van der Waals surface area contributed by atoms with Crippen molar-refractivity contribution in [2.24, 2.45) is 0 Å². The Morgan fingerprint density at radius 2 is 1.76 bits per heavy atom. The summed E-state index contributed by atoms with van der Waals surface area (Å²) in [4.78, 5) is 11.8. The number of amides is 1. The lowest BCUT2D eigenvalue weighted by Crippen LogP contribution is -2.18. The van der Waals surface area contributed by atoms with E-state index in [1.807, 2.05) is 55.5 Å². The lowest BCUT2D eigenvalue weighted by atomic mass is 9.97. The molecule has 0 aromatic heterocycles. The van der Waals surface area contributed by atoms with E-state index < -0.39 is 0 Å². The average molecular weight is 225 g/mol. The van der Waals surface area contributed by atoms with Crippen molar-refractivity contribution in [1.82, 2.24) is 5.32 Å². The molecule has 2 nitrogen and oxygen atoms in total. The maximum Gasteiger partial charge on any atom is 0.251 e. The molecule has 0 atom stereocenters. The Bertz CT molecular complexity index is 532. The minimum absolute atomic E-state index is 0.0486. The summed E-state index contributed by atoms with van der Waals surface area (Å²) in [5, 5.41) is 2.68. The van der Waals surface area contributed by atoms with Crippen LogP contribution in [0.5, 0.6) is 0 Å². The van der Waals surface area contributed by atoms with Crippen molar-refractivity contribution >= 4 is 5.91 Å². The third-order valence-corrected chi connectivity index (χ3v) is 2.73. The van der Waals surface area contributed by atoms with Gasteiger partial charge in [0.1, 0.15) is 0 Å². The number of aryl methyl sites for hydroxylation is 1. The molecule has 17 heavy (non-hydrogen) atoms. The molecular weight excluding hydrogens is 210 g/mol. The number of nitrogens with one attached hydrogen (secondary N) is 1. The zero-order valence-corrected chi connectivity index (χ0v) is 10.0. The number of hydrogen-bond acceptors (Lipinski definition) is 1. The lowest BCUT2D eigenvalue weighted by molar-refractivity contribution is 0.0963. The summed E-state index contributed by atoms with van der Waals surface area (Å²) in [6.07, 6.45) is 0. The first kappa shape index (κ1) is 11.4. The molecule has 2 aromatic carbocycles. The van der Waals surface area contributed by atoms with Gasteiger partial charge < -0.3 is 5.32 Å². The fourth-order valence-electron chi connectivity index (χ4n) is 1.85. The van der Waals surface area contributed by atoms with Crippen LogP contribution in [0, 0.1) is 6.92 Å². The molecule has 0 saturated heterocycles. The molecule has 2 rings (SSSR count). The first-order chi connectivity index (χ1) is 8.22. The third-order valence-electron chi connectivity index (χ3n) is 2.73. The molecule has 0 spiro atoms. The average Bonchev–Trinajstić information content (AvgIpc) is 2.38. The van der Waals surface area contributed by atoms with Crippen molar-refractivity contribution in [1.29, 1.82) is 0 Å². The Balaban J connectivity index is 2.58. The van der Waals surface area contributed by atoms with Gasteiger partial charge in [0.15, 0.2) is 0 Å². The van der Waals surface area contributed by atoms with E-state index in [1.165, 1.54) is 0 Å². The highest BCUT2D eigenvalue weighted by Gasteiger charge is 2.11. The maximum absolute atomic E-state index is 11.8. The zero-order chi connectivity index (χ0) is 12.3. The van der Waals surface area contributed by atoms with E-state index >= 15 is 0 Å². The summed E-state index contributed by atoms with van der Waals surface area (Å²) in [6.45, 7) is 1.99. The van der Waals surface area contributed by atoms with Gasteiger partial charge in [0, 0.05) is 12.6 Å². The van der Waals surface area contributed by atoms with Crippen LogP contribution in [0.25, 0.3) is 11.1 Å². The number of hydrogen-bond donors (Lipinski definition) is 1. The van der Waals surface area contributed by atoms with E-state index in [-0.39, 0.29) is 5.91 Å². The SMILES string of the molecule is CNC(=O)c1cc(C)ccc1-c1ccccc1. The topological polar surface area (TPSA) is 29.1 Å². The van der Waals surface area contributed by atoms with Crippen LogP contribution in [-0.2, 0) is 0 Å². The molecule has 1 N–H and O–H groups in total. The number of carbonyl (C=O) groups excluding carboxylic acids is 1. The van der Waals surface area contributed by atoms with Gasteiger partial charge in [-0.25, -0.2) is 0 Å². The largest absolute Gasteiger partial charge is 0.355 e. The molecule has 0 bridgehead atoms. The van der Waals surface area contributed by atoms with E-state index in [0.29, 0.717) is 0 Å². The van der Waals surface area contributed by atoms with Gasteiger partial charge in [-0.15, -0.1) is 0 Å². The van der Waals surface area contributed by atoms with Crippen LogP contribution in [-0.4, -0.2) is 13.0 Å². The van der Waals surface area contributed by atoms with Crippen molar-refractivity contribution in [2.75, 3.05) is 7.05 Å². The monoisotopic (exact) mass is 225 g/mol. The minimum atomic E-state index is -0.0486. The Morgan fingerprint density at radius 1 is 1.06 bits per heavy atom. The van der Waals surface area contributed by atoms with Crippen LogP contribution in [0.4, 0.5) is 0 Å². The Kier molecular flexibility index (Phi) is 3.24. The summed E-state index contributed by atoms with van der Waals surface area (Å²) in [5.74, 6) is -0.0486. The summed E-state index contributed by atoms with van der Waals surface area (Å²) in [5.41, 5.74) is 3.84. The fourth-order valence-corrected chi connectivity index (χ4v) is 1.85. The van der Waals surface area contributed by atoms with Gasteiger partial charge in [-0.3, -0.25) is 4.79 Å². The van der Waals surface area contributed by atoms with Gasteiger partial charge in [0.05, 0.1) is 0 Å². The molecule has 86 valence electrons. The van der Waals surface area contributed by atoms with Gasteiger partial charge >= 0.3 is 0 Å². The highest BCUT2D eigenvalue weighted by atomic mass is 16.1. The van der Waals surface area contributed by atoms with E-state index in [0.717, 1.165) is 22.3 Å². The van der Waals surface area contributed by atoms with Crippen molar-refractivity contribution in [2.45, 2.75) is 6.92 Å². The van der Waals surface area contributed by atoms with Gasteiger partial charge in [0.25, 0.3) is 5.91 Å². The van der Waals surface area contributed by atoms with Crippen LogP contribution in [0.2, 0.25) is 0 Å². The molecule has 1 amide bonds. The maximum atomic E-state index is 11.8. The molecule has 0 aliphatic carbocycles. The fraction of sp³-hybridized carbons (Fsp3) is 0.133. The van der Waals surface area contributed by atoms with E-state index in [4.69, 9.17) is 0 Å². The van der Waals surface area contributed by atoms with Crippen LogP contribution in [0.1, 0.15) is 15.9 Å². The second-order valence-electron chi connectivity index (χ2n) is 3.99. The first-order valence-electron chi connectivity index (χ1n) is 5.60. The second-order valence-corrected chi connectivity index (χ2v) is 3.99. The smallest absolute Gasteiger partial charge is 0.251 e. The predicted molar refractivity (Wildman–Crippen MR) is 70.0 cm³/mol. The predicted octanol–water partition coefficient (Wildman–Crippen LogP) is 3.02. The van der Waals surface area contributed by atoms with Crippen molar-refractivity contribution in [3.8, 4) is 11.1 Å². The molecule has 0 fully saturated rings. The van der Waals surface area contributed by atoms with Crippen LogP contribution >= 0.6 is 0 Å². The molecule has 0 unspecified atom stereocenters. The van der Waals surface area contributed by atoms with Crippen molar-refractivity contribution in [3.05, 3.63) is 59.7 Å². The van der Waals surface area contributed by atoms with Crippen LogP contribution in [0.3, 0.4) is 0 Å². The molecular formula is C15H15NO. The van der Waals surface area contributed by atoms with Gasteiger partial charge in [-0.1, -0.05) is 48.0 Å². The molecule has 0 heterocycles. The standard InChI is InChI=1S/C15H15NO/c1-11-8-9-13(12-6-4-3-5-7-12)14(10-11)15(17)16-2/h3-10H,1-2H3,(H,16,17). The Morgan fingerprint density at radius 3 is 2.41 bits per heavy atom. The highest BCUT2D eigenvalue weighted by Crippen LogP contribution is 2.24. The first-order valence-corrected chi connectivity index (χ1v) is 5.60. The molecule has 2 heteroatoms. The number of carbonyl (C=O) groups is 1. The Hall–Kier alpha value is -2.09. The summed E-state index contributed by atoms with van der Waals surface area (Å²) >= 11 is 0. The third kappa shape index (κ3) is 2.36. The number of benzene rings is 2. The van der Waals surface area contributed by atoms with Crippen molar-refractivity contribution in [3.63, 3.8) is 0 Å². The van der Waals surface area contributed by atoms with E-state index in [2.05, 4.69) is 5.32 Å². The zero-order valence-electron chi connectivity index (χ0n) is 10.0. The second kappa shape index (κ2) is 4.83. The van der Waals surface area contributed by atoms with E-state index in [1.54, 1.807) is 7.05 Å². The highest BCUT2D eigenvalue weighted by molar-refractivity contribution is 6.00.